The van der Waals surface area contributed by atoms with Crippen LogP contribution < -0.4 is 20.7 Å². The average molecular weight is 497 g/mol. The van der Waals surface area contributed by atoms with Crippen molar-refractivity contribution in [3.05, 3.63) is 53.6 Å². The first-order valence-electron chi connectivity index (χ1n) is 12.2. The maximum atomic E-state index is 12.6. The molecule has 4 N–H and O–H groups in total. The van der Waals surface area contributed by atoms with Crippen molar-refractivity contribution in [2.24, 2.45) is 5.92 Å². The molecule has 0 spiro atoms. The molecule has 1 aliphatic heterocycles. The molecule has 2 aromatic carbocycles. The number of carbonyl (C=O) groups excluding carboxylic acids is 2. The Morgan fingerprint density at radius 1 is 1.14 bits per heavy atom. The number of carboxylic acid groups (broad SMARTS) is 1. The van der Waals surface area contributed by atoms with Gasteiger partial charge in [0, 0.05) is 25.6 Å². The summed E-state index contributed by atoms with van der Waals surface area (Å²) in [6, 6.07) is 12.7. The number of para-hydroxylation sites is 1. The minimum atomic E-state index is -0.790. The Hall–Kier alpha value is -3.59. The summed E-state index contributed by atoms with van der Waals surface area (Å²) in [5.41, 5.74) is 2.39. The largest absolute Gasteiger partial charge is 0.495 e. The molecule has 194 valence electrons. The van der Waals surface area contributed by atoms with E-state index in [0.29, 0.717) is 24.4 Å². The number of nitrogens with zero attached hydrogens (tertiary/aromatic N) is 1. The van der Waals surface area contributed by atoms with Gasteiger partial charge in [0.05, 0.1) is 18.3 Å². The zero-order chi connectivity index (χ0) is 26.3. The molecule has 0 aromatic heterocycles. The summed E-state index contributed by atoms with van der Waals surface area (Å²) in [6.45, 7) is 7.73. The van der Waals surface area contributed by atoms with Crippen LogP contribution in [0, 0.1) is 12.8 Å². The third kappa shape index (κ3) is 6.75. The van der Waals surface area contributed by atoms with Gasteiger partial charge in [-0.2, -0.15) is 0 Å². The van der Waals surface area contributed by atoms with Crippen LogP contribution in [0.15, 0.2) is 42.5 Å². The van der Waals surface area contributed by atoms with Crippen LogP contribution >= 0.6 is 0 Å². The van der Waals surface area contributed by atoms with Crippen LogP contribution in [0.2, 0.25) is 0 Å². The highest BCUT2D eigenvalue weighted by molar-refractivity contribution is 6.01. The van der Waals surface area contributed by atoms with E-state index in [1.54, 1.807) is 13.2 Å². The van der Waals surface area contributed by atoms with Crippen molar-refractivity contribution in [3.8, 4) is 5.75 Å². The van der Waals surface area contributed by atoms with Gasteiger partial charge in [-0.3, -0.25) is 9.59 Å². The second kappa shape index (κ2) is 11.9. The summed E-state index contributed by atoms with van der Waals surface area (Å²) in [4.78, 5) is 37.9. The lowest BCUT2D eigenvalue weighted by atomic mass is 9.78. The number of likely N-dealkylation sites (tertiary alicyclic amines) is 1. The number of ether oxygens (including phenoxy) is 1. The molecular formula is C27H36N4O5. The highest BCUT2D eigenvalue weighted by Crippen LogP contribution is 2.39. The number of methoxy groups -OCH3 is 1. The van der Waals surface area contributed by atoms with E-state index in [1.807, 2.05) is 50.2 Å². The lowest BCUT2D eigenvalue weighted by Gasteiger charge is -2.37. The van der Waals surface area contributed by atoms with Gasteiger partial charge in [-0.15, -0.1) is 0 Å². The number of anilines is 2. The Morgan fingerprint density at radius 2 is 1.86 bits per heavy atom. The van der Waals surface area contributed by atoms with Gasteiger partial charge in [0.1, 0.15) is 5.75 Å². The van der Waals surface area contributed by atoms with Crippen molar-refractivity contribution in [2.75, 3.05) is 37.4 Å². The van der Waals surface area contributed by atoms with Crippen molar-refractivity contribution in [3.63, 3.8) is 0 Å². The molecule has 3 rings (SSSR count). The number of aliphatic carboxylic acids is 1. The average Bonchev–Trinajstić information content (AvgIpc) is 3.29. The molecule has 2 aromatic rings. The molecule has 0 saturated carbocycles. The maximum absolute atomic E-state index is 12.6. The van der Waals surface area contributed by atoms with E-state index in [-0.39, 0.29) is 24.3 Å². The minimum Gasteiger partial charge on any atom is -0.495 e. The lowest BCUT2D eigenvalue weighted by Crippen LogP contribution is -2.49. The fourth-order valence-corrected chi connectivity index (χ4v) is 4.84. The summed E-state index contributed by atoms with van der Waals surface area (Å²) in [7, 11) is 1.54. The third-order valence-electron chi connectivity index (χ3n) is 6.83. The molecule has 0 aliphatic carbocycles. The maximum Gasteiger partial charge on any atom is 0.323 e. The van der Waals surface area contributed by atoms with E-state index in [4.69, 9.17) is 9.84 Å². The predicted molar refractivity (Wildman–Crippen MR) is 139 cm³/mol. The van der Waals surface area contributed by atoms with Crippen molar-refractivity contribution >= 4 is 29.3 Å². The number of carboxylic acids is 1. The van der Waals surface area contributed by atoms with E-state index in [0.717, 1.165) is 36.3 Å². The first-order chi connectivity index (χ1) is 17.1. The van der Waals surface area contributed by atoms with E-state index in [9.17, 15) is 14.4 Å². The van der Waals surface area contributed by atoms with E-state index < -0.39 is 11.5 Å². The van der Waals surface area contributed by atoms with Gasteiger partial charge < -0.3 is 30.7 Å². The molecule has 0 radical (unpaired) electrons. The molecule has 9 nitrogen and oxygen atoms in total. The number of rotatable bonds is 10. The van der Waals surface area contributed by atoms with Crippen LogP contribution in [0.4, 0.5) is 16.2 Å². The Balaban J connectivity index is 1.77. The Bertz CT molecular complexity index is 1110. The van der Waals surface area contributed by atoms with E-state index in [1.165, 1.54) is 6.92 Å². The number of nitrogens with one attached hydrogen (secondary N) is 3. The first-order valence-corrected chi connectivity index (χ1v) is 12.2. The van der Waals surface area contributed by atoms with Gasteiger partial charge in [-0.05, 0) is 75.0 Å². The van der Waals surface area contributed by atoms with Gasteiger partial charge in [-0.25, -0.2) is 4.79 Å². The molecule has 1 aliphatic rings. The number of benzene rings is 2. The number of carbonyl (C=O) groups is 3. The Morgan fingerprint density at radius 3 is 2.53 bits per heavy atom. The summed E-state index contributed by atoms with van der Waals surface area (Å²) >= 11 is 0. The second-order valence-electron chi connectivity index (χ2n) is 9.48. The molecule has 0 bridgehead atoms. The molecular weight excluding hydrogens is 460 g/mol. The van der Waals surface area contributed by atoms with Crippen molar-refractivity contribution in [1.82, 2.24) is 10.2 Å². The normalized spacial score (nSPS) is 17.2. The zero-order valence-corrected chi connectivity index (χ0v) is 21.4. The Kier molecular flexibility index (Phi) is 8.93. The molecule has 9 heteroatoms. The topological polar surface area (TPSA) is 120 Å². The van der Waals surface area contributed by atoms with Crippen LogP contribution in [-0.2, 0) is 15.1 Å². The summed E-state index contributed by atoms with van der Waals surface area (Å²) in [6.07, 6.45) is 1.61. The quantitative estimate of drug-likeness (QED) is 0.392. The number of aryl methyl sites for hydroxylation is 1. The third-order valence-corrected chi connectivity index (χ3v) is 6.83. The SMILES string of the molecule is COc1cc(C(C)(NC(C)=O)C2CCN(CCCC(=O)O)C2)ccc1NC(=O)Nc1ccccc1C. The van der Waals surface area contributed by atoms with Crippen molar-refractivity contribution in [2.45, 2.75) is 45.6 Å². The zero-order valence-electron chi connectivity index (χ0n) is 21.4. The number of urea groups is 1. The summed E-state index contributed by atoms with van der Waals surface area (Å²) in [5.74, 6) is -0.317. The number of amides is 3. The van der Waals surface area contributed by atoms with Gasteiger partial charge in [0.2, 0.25) is 5.91 Å². The molecule has 2 atom stereocenters. The lowest BCUT2D eigenvalue weighted by molar-refractivity contribution is -0.137. The van der Waals surface area contributed by atoms with Gasteiger partial charge in [0.25, 0.3) is 0 Å². The predicted octanol–water partition coefficient (Wildman–Crippen LogP) is 4.19. The highest BCUT2D eigenvalue weighted by Gasteiger charge is 2.41. The molecule has 1 heterocycles. The van der Waals surface area contributed by atoms with Gasteiger partial charge in [0.15, 0.2) is 0 Å². The number of hydrogen-bond acceptors (Lipinski definition) is 5. The van der Waals surface area contributed by atoms with Crippen LogP contribution in [0.3, 0.4) is 0 Å². The van der Waals surface area contributed by atoms with E-state index in [2.05, 4.69) is 20.9 Å². The standard InChI is InChI=1S/C27H36N4O5/c1-18-8-5-6-9-22(18)28-26(35)29-23-12-11-20(16-24(23)36-4)27(3,30-19(2)32)21-13-15-31(17-21)14-7-10-25(33)34/h5-6,8-9,11-12,16,21H,7,10,13-15,17H2,1-4H3,(H,30,32)(H,33,34)(H2,28,29,35). The van der Waals surface area contributed by atoms with Gasteiger partial charge in [-0.1, -0.05) is 24.3 Å². The molecule has 36 heavy (non-hydrogen) atoms. The van der Waals surface area contributed by atoms with Crippen LogP contribution in [0.5, 0.6) is 5.75 Å². The van der Waals surface area contributed by atoms with Gasteiger partial charge >= 0.3 is 12.0 Å². The Labute approximate surface area is 212 Å². The fraction of sp³-hybridized carbons (Fsp3) is 0.444. The molecule has 2 unspecified atom stereocenters. The van der Waals surface area contributed by atoms with Crippen LogP contribution in [0.1, 0.15) is 44.2 Å². The van der Waals surface area contributed by atoms with Crippen molar-refractivity contribution < 1.29 is 24.2 Å². The first kappa shape index (κ1) is 27.0. The summed E-state index contributed by atoms with van der Waals surface area (Å²) in [5, 5.41) is 17.8. The smallest absolute Gasteiger partial charge is 0.323 e. The highest BCUT2D eigenvalue weighted by atomic mass is 16.5. The second-order valence-corrected chi connectivity index (χ2v) is 9.48. The molecule has 1 fully saturated rings. The summed E-state index contributed by atoms with van der Waals surface area (Å²) < 4.78 is 5.60. The van der Waals surface area contributed by atoms with E-state index >= 15 is 0 Å². The molecule has 3 amide bonds. The van der Waals surface area contributed by atoms with Crippen molar-refractivity contribution in [1.29, 1.82) is 0 Å². The van der Waals surface area contributed by atoms with Crippen LogP contribution in [-0.4, -0.2) is 54.7 Å². The monoisotopic (exact) mass is 496 g/mol. The van der Waals surface area contributed by atoms with Crippen LogP contribution in [0.25, 0.3) is 0 Å². The fourth-order valence-electron chi connectivity index (χ4n) is 4.84. The number of hydrogen-bond donors (Lipinski definition) is 4. The molecule has 1 saturated heterocycles. The minimum absolute atomic E-state index is 0.124.